The third-order valence-corrected chi connectivity index (χ3v) is 5.90. The molecule has 0 bridgehead atoms. The van der Waals surface area contributed by atoms with Crippen LogP contribution < -0.4 is 5.32 Å². The summed E-state index contributed by atoms with van der Waals surface area (Å²) in [6.07, 6.45) is 3.58. The van der Waals surface area contributed by atoms with E-state index in [9.17, 15) is 4.79 Å². The van der Waals surface area contributed by atoms with Gasteiger partial charge < -0.3 is 15.0 Å². The summed E-state index contributed by atoms with van der Waals surface area (Å²) >= 11 is 0. The van der Waals surface area contributed by atoms with Gasteiger partial charge in [-0.05, 0) is 22.3 Å². The number of aromatic nitrogens is 2. The number of carbonyl (C=O) groups excluding carboxylic acids is 1. The van der Waals surface area contributed by atoms with Gasteiger partial charge in [0.1, 0.15) is 6.61 Å². The van der Waals surface area contributed by atoms with Crippen LogP contribution in [0.2, 0.25) is 0 Å². The summed E-state index contributed by atoms with van der Waals surface area (Å²) in [6, 6.07) is 16.9. The molecule has 6 nitrogen and oxygen atoms in total. The molecule has 1 amide bonds. The second-order valence-electron chi connectivity index (χ2n) is 7.70. The zero-order chi connectivity index (χ0) is 19.8. The number of rotatable bonds is 3. The lowest BCUT2D eigenvalue weighted by Crippen LogP contribution is -2.48. The normalized spacial score (nSPS) is 18.4. The van der Waals surface area contributed by atoms with Crippen LogP contribution in [0.15, 0.2) is 60.9 Å². The predicted molar refractivity (Wildman–Crippen MR) is 111 cm³/mol. The Bertz CT molecular complexity index is 999. The van der Waals surface area contributed by atoms with E-state index >= 15 is 0 Å². The van der Waals surface area contributed by atoms with Gasteiger partial charge in [0, 0.05) is 44.4 Å². The van der Waals surface area contributed by atoms with Crippen molar-refractivity contribution in [3.05, 3.63) is 77.6 Å². The van der Waals surface area contributed by atoms with E-state index in [1.807, 2.05) is 31.6 Å². The lowest BCUT2D eigenvalue weighted by molar-refractivity contribution is 0.0883. The van der Waals surface area contributed by atoms with Crippen LogP contribution >= 0.6 is 0 Å². The van der Waals surface area contributed by atoms with Crippen LogP contribution in [0.4, 0.5) is 4.79 Å². The number of hydrogen-bond acceptors (Lipinski definition) is 4. The van der Waals surface area contributed by atoms with Crippen LogP contribution in [0, 0.1) is 0 Å². The first-order chi connectivity index (χ1) is 14.2. The minimum Gasteiger partial charge on any atom is -0.448 e. The first-order valence-corrected chi connectivity index (χ1v) is 10.0. The van der Waals surface area contributed by atoms with Crippen molar-refractivity contribution >= 4 is 6.09 Å². The molecule has 3 aromatic rings. The first kappa shape index (κ1) is 17.9. The summed E-state index contributed by atoms with van der Waals surface area (Å²) < 4.78 is 7.59. The van der Waals surface area contributed by atoms with Crippen LogP contribution in [0.5, 0.6) is 0 Å². The molecule has 5 rings (SSSR count). The van der Waals surface area contributed by atoms with Crippen LogP contribution in [0.1, 0.15) is 28.7 Å². The van der Waals surface area contributed by atoms with Crippen LogP contribution in [-0.4, -0.2) is 47.0 Å². The van der Waals surface area contributed by atoms with Crippen molar-refractivity contribution in [2.45, 2.75) is 12.0 Å². The van der Waals surface area contributed by atoms with Gasteiger partial charge in [-0.25, -0.2) is 4.79 Å². The Labute approximate surface area is 170 Å². The topological polar surface area (TPSA) is 59.4 Å². The molecule has 148 valence electrons. The fourth-order valence-corrected chi connectivity index (χ4v) is 4.44. The average Bonchev–Trinajstić information content (AvgIpc) is 3.34. The summed E-state index contributed by atoms with van der Waals surface area (Å²) in [7, 11) is 1.90. The SMILES string of the molecule is Cn1cc(C2CN(C(=O)OCC3c4ccccc4-c4ccccc43)CCN2)cn1. The van der Waals surface area contributed by atoms with Crippen molar-refractivity contribution in [2.24, 2.45) is 7.05 Å². The third-order valence-electron chi connectivity index (χ3n) is 5.90. The molecule has 1 N–H and O–H groups in total. The summed E-state index contributed by atoms with van der Waals surface area (Å²) in [5, 5.41) is 7.69. The molecule has 2 aliphatic rings. The van der Waals surface area contributed by atoms with Gasteiger partial charge in [-0.2, -0.15) is 5.10 Å². The number of hydrogen-bond donors (Lipinski definition) is 1. The Morgan fingerprint density at radius 3 is 2.48 bits per heavy atom. The van der Waals surface area contributed by atoms with Gasteiger partial charge in [0.05, 0.1) is 12.2 Å². The van der Waals surface area contributed by atoms with Gasteiger partial charge >= 0.3 is 6.09 Å². The van der Waals surface area contributed by atoms with Crippen molar-refractivity contribution in [3.63, 3.8) is 0 Å². The number of nitrogens with zero attached hydrogens (tertiary/aromatic N) is 3. The van der Waals surface area contributed by atoms with E-state index in [1.54, 1.807) is 9.58 Å². The molecule has 1 saturated heterocycles. The molecule has 1 atom stereocenters. The minimum atomic E-state index is -0.248. The fourth-order valence-electron chi connectivity index (χ4n) is 4.44. The van der Waals surface area contributed by atoms with Gasteiger partial charge in [-0.1, -0.05) is 48.5 Å². The highest BCUT2D eigenvalue weighted by Crippen LogP contribution is 2.44. The molecule has 1 aliphatic heterocycles. The summed E-state index contributed by atoms with van der Waals surface area (Å²) in [6.45, 7) is 2.33. The summed E-state index contributed by atoms with van der Waals surface area (Å²) in [5.41, 5.74) is 6.03. The number of amides is 1. The molecule has 1 fully saturated rings. The fraction of sp³-hybridized carbons (Fsp3) is 0.304. The maximum Gasteiger partial charge on any atom is 0.409 e. The van der Waals surface area contributed by atoms with Crippen LogP contribution in [0.25, 0.3) is 11.1 Å². The highest BCUT2D eigenvalue weighted by molar-refractivity contribution is 5.79. The Hall–Kier alpha value is -3.12. The molecule has 29 heavy (non-hydrogen) atoms. The number of ether oxygens (including phenoxy) is 1. The van der Waals surface area contributed by atoms with Gasteiger partial charge in [-0.15, -0.1) is 0 Å². The average molecular weight is 388 g/mol. The summed E-state index contributed by atoms with van der Waals surface area (Å²) in [4.78, 5) is 14.6. The number of nitrogens with one attached hydrogen (secondary N) is 1. The molecular formula is C23H24N4O2. The van der Waals surface area contributed by atoms with Crippen LogP contribution in [-0.2, 0) is 11.8 Å². The molecule has 0 radical (unpaired) electrons. The quantitative estimate of drug-likeness (QED) is 0.748. The number of benzene rings is 2. The zero-order valence-corrected chi connectivity index (χ0v) is 16.4. The Balaban J connectivity index is 1.28. The van der Waals surface area contributed by atoms with Crippen LogP contribution in [0.3, 0.4) is 0 Å². The van der Waals surface area contributed by atoms with Crippen molar-refractivity contribution in [2.75, 3.05) is 26.2 Å². The number of piperazine rings is 1. The molecule has 2 aromatic carbocycles. The smallest absolute Gasteiger partial charge is 0.409 e. The number of fused-ring (bicyclic) bond motifs is 3. The first-order valence-electron chi connectivity index (χ1n) is 10.0. The van der Waals surface area contributed by atoms with Gasteiger partial charge in [-0.3, -0.25) is 4.68 Å². The largest absolute Gasteiger partial charge is 0.448 e. The molecule has 0 spiro atoms. The Morgan fingerprint density at radius 2 is 1.83 bits per heavy atom. The standard InChI is InChI=1S/C23H24N4O2/c1-26-13-16(12-25-26)22-14-27(11-10-24-22)23(28)29-15-21-19-8-4-2-6-17(19)18-7-3-5-9-20(18)21/h2-9,12-13,21-22,24H,10-11,14-15H2,1H3. The molecule has 2 heterocycles. The summed E-state index contributed by atoms with van der Waals surface area (Å²) in [5.74, 6) is 0.0865. The third kappa shape index (κ3) is 3.29. The second-order valence-corrected chi connectivity index (χ2v) is 7.70. The maximum atomic E-state index is 12.8. The molecule has 0 saturated carbocycles. The molecule has 6 heteroatoms. The van der Waals surface area contributed by atoms with Crippen molar-refractivity contribution in [1.29, 1.82) is 0 Å². The van der Waals surface area contributed by atoms with E-state index in [2.05, 4.69) is 46.8 Å². The molecular weight excluding hydrogens is 364 g/mol. The van der Waals surface area contributed by atoms with Crippen molar-refractivity contribution < 1.29 is 9.53 Å². The van der Waals surface area contributed by atoms with Crippen molar-refractivity contribution in [1.82, 2.24) is 20.0 Å². The Kier molecular flexibility index (Phi) is 4.56. The Morgan fingerprint density at radius 1 is 1.14 bits per heavy atom. The highest BCUT2D eigenvalue weighted by Gasteiger charge is 2.31. The molecule has 1 aliphatic carbocycles. The van der Waals surface area contributed by atoms with E-state index in [1.165, 1.54) is 22.3 Å². The van der Waals surface area contributed by atoms with E-state index in [4.69, 9.17) is 4.74 Å². The lowest BCUT2D eigenvalue weighted by Gasteiger charge is -2.32. The number of carbonyl (C=O) groups is 1. The van der Waals surface area contributed by atoms with E-state index in [0.717, 1.165) is 12.1 Å². The van der Waals surface area contributed by atoms with Gasteiger partial charge in [0.2, 0.25) is 0 Å². The predicted octanol–water partition coefficient (Wildman–Crippen LogP) is 3.32. The number of aryl methyl sites for hydroxylation is 1. The minimum absolute atomic E-state index is 0.0814. The monoisotopic (exact) mass is 388 g/mol. The zero-order valence-electron chi connectivity index (χ0n) is 16.4. The van der Waals surface area contributed by atoms with Crippen molar-refractivity contribution in [3.8, 4) is 11.1 Å². The van der Waals surface area contributed by atoms with E-state index in [-0.39, 0.29) is 18.1 Å². The van der Waals surface area contributed by atoms with Gasteiger partial charge in [0.15, 0.2) is 0 Å². The molecule has 1 unspecified atom stereocenters. The lowest BCUT2D eigenvalue weighted by atomic mass is 9.98. The highest BCUT2D eigenvalue weighted by atomic mass is 16.6. The maximum absolute atomic E-state index is 12.8. The van der Waals surface area contributed by atoms with E-state index < -0.39 is 0 Å². The van der Waals surface area contributed by atoms with Gasteiger partial charge in [0.25, 0.3) is 0 Å². The molecule has 1 aromatic heterocycles. The second kappa shape index (κ2) is 7.37. The van der Waals surface area contributed by atoms with E-state index in [0.29, 0.717) is 19.7 Å².